The van der Waals surface area contributed by atoms with Crippen LogP contribution in [0.5, 0.6) is 0 Å². The van der Waals surface area contributed by atoms with Crippen LogP contribution in [0.4, 0.5) is 0 Å². The number of rotatable bonds is 3. The summed E-state index contributed by atoms with van der Waals surface area (Å²) < 4.78 is 5.75. The molecule has 0 unspecified atom stereocenters. The molecule has 0 aliphatic heterocycles. The topological polar surface area (TPSA) is 76.2 Å². The second-order valence-electron chi connectivity index (χ2n) is 5.75. The maximum absolute atomic E-state index is 11.2. The number of hydrogen-bond acceptors (Lipinski definition) is 4. The van der Waals surface area contributed by atoms with E-state index in [1.54, 1.807) is 24.3 Å². The molecule has 0 atom stereocenters. The van der Waals surface area contributed by atoms with Crippen molar-refractivity contribution in [1.29, 1.82) is 0 Å². The van der Waals surface area contributed by atoms with Crippen LogP contribution in [0.1, 0.15) is 54.8 Å². The lowest BCUT2D eigenvalue weighted by Gasteiger charge is -2.23. The zero-order valence-corrected chi connectivity index (χ0v) is 12.0. The van der Waals surface area contributed by atoms with Crippen molar-refractivity contribution in [3.63, 3.8) is 0 Å². The largest absolute Gasteiger partial charge is 0.478 e. The van der Waals surface area contributed by atoms with E-state index < -0.39 is 5.97 Å². The van der Waals surface area contributed by atoms with Gasteiger partial charge in [-0.1, -0.05) is 19.1 Å². The molecule has 0 amide bonds. The Morgan fingerprint density at radius 2 is 1.90 bits per heavy atom. The number of carbonyl (C=O) groups is 1. The zero-order chi connectivity index (χ0) is 14.8. The first-order chi connectivity index (χ1) is 10.1. The maximum Gasteiger partial charge on any atom is 0.336 e. The third-order valence-corrected chi connectivity index (χ3v) is 4.19. The van der Waals surface area contributed by atoms with E-state index in [1.807, 2.05) is 0 Å². The summed E-state index contributed by atoms with van der Waals surface area (Å²) in [5.74, 6) is 1.01. The fraction of sp³-hybridized carbons (Fsp3) is 0.438. The minimum absolute atomic E-state index is 0.185. The maximum atomic E-state index is 11.2. The first kappa shape index (κ1) is 13.8. The molecule has 1 fully saturated rings. The molecule has 1 aliphatic carbocycles. The number of aromatic nitrogens is 2. The van der Waals surface area contributed by atoms with Gasteiger partial charge in [0.25, 0.3) is 0 Å². The Balaban J connectivity index is 1.87. The highest BCUT2D eigenvalue weighted by Gasteiger charge is 2.25. The average Bonchev–Trinajstić information content (AvgIpc) is 2.97. The van der Waals surface area contributed by atoms with E-state index >= 15 is 0 Å². The van der Waals surface area contributed by atoms with Crippen LogP contribution in [0.25, 0.3) is 11.5 Å². The molecular formula is C16H18N2O3. The van der Waals surface area contributed by atoms with E-state index in [9.17, 15) is 9.90 Å². The summed E-state index contributed by atoms with van der Waals surface area (Å²) in [4.78, 5) is 11.2. The summed E-state index contributed by atoms with van der Waals surface area (Å²) in [5, 5.41) is 17.4. The molecule has 21 heavy (non-hydrogen) atoms. The molecular weight excluding hydrogens is 268 g/mol. The zero-order valence-electron chi connectivity index (χ0n) is 12.0. The Morgan fingerprint density at radius 3 is 2.62 bits per heavy atom. The molecule has 3 rings (SSSR count). The van der Waals surface area contributed by atoms with Crippen molar-refractivity contribution in [2.75, 3.05) is 0 Å². The first-order valence-electron chi connectivity index (χ1n) is 7.31. The highest BCUT2D eigenvalue weighted by atomic mass is 16.4. The molecule has 2 aromatic rings. The van der Waals surface area contributed by atoms with Gasteiger partial charge in [-0.15, -0.1) is 10.2 Å². The van der Waals surface area contributed by atoms with E-state index in [0.29, 0.717) is 23.3 Å². The molecule has 1 saturated carbocycles. The van der Waals surface area contributed by atoms with Crippen molar-refractivity contribution in [2.45, 2.75) is 38.5 Å². The molecule has 0 radical (unpaired) electrons. The van der Waals surface area contributed by atoms with Crippen LogP contribution in [0.3, 0.4) is 0 Å². The third kappa shape index (κ3) is 2.82. The normalized spacial score (nSPS) is 22.1. The second kappa shape index (κ2) is 5.68. The molecule has 1 aromatic heterocycles. The van der Waals surface area contributed by atoms with Gasteiger partial charge in [0.2, 0.25) is 11.8 Å². The third-order valence-electron chi connectivity index (χ3n) is 4.19. The number of aromatic carboxylic acids is 1. The van der Waals surface area contributed by atoms with Crippen molar-refractivity contribution < 1.29 is 14.3 Å². The number of hydrogen-bond donors (Lipinski definition) is 1. The Bertz CT molecular complexity index is 642. The standard InChI is InChI=1S/C16H18N2O3/c1-10-6-8-11(9-7-10)14-17-18-15(21-14)12-4-2-3-5-13(12)16(19)20/h2-5,10-11H,6-9H2,1H3,(H,19,20). The number of nitrogens with zero attached hydrogens (tertiary/aromatic N) is 2. The molecule has 1 aliphatic rings. The highest BCUT2D eigenvalue weighted by Crippen LogP contribution is 2.36. The van der Waals surface area contributed by atoms with Crippen LogP contribution >= 0.6 is 0 Å². The lowest BCUT2D eigenvalue weighted by Crippen LogP contribution is -2.11. The van der Waals surface area contributed by atoms with E-state index in [1.165, 1.54) is 12.8 Å². The van der Waals surface area contributed by atoms with Gasteiger partial charge in [0.15, 0.2) is 0 Å². The summed E-state index contributed by atoms with van der Waals surface area (Å²) in [6.07, 6.45) is 4.47. The van der Waals surface area contributed by atoms with Crippen LogP contribution in [0, 0.1) is 5.92 Å². The van der Waals surface area contributed by atoms with Gasteiger partial charge in [0.05, 0.1) is 11.1 Å². The van der Waals surface area contributed by atoms with Gasteiger partial charge in [-0.25, -0.2) is 4.79 Å². The fourth-order valence-corrected chi connectivity index (χ4v) is 2.87. The van der Waals surface area contributed by atoms with Crippen LogP contribution < -0.4 is 0 Å². The quantitative estimate of drug-likeness (QED) is 0.930. The molecule has 110 valence electrons. The van der Waals surface area contributed by atoms with Crippen molar-refractivity contribution in [3.8, 4) is 11.5 Å². The molecule has 0 bridgehead atoms. The highest BCUT2D eigenvalue weighted by molar-refractivity contribution is 5.94. The number of benzene rings is 1. The smallest absolute Gasteiger partial charge is 0.336 e. The summed E-state index contributed by atoms with van der Waals surface area (Å²) in [5.41, 5.74) is 0.665. The summed E-state index contributed by atoms with van der Waals surface area (Å²) in [6, 6.07) is 6.70. The monoisotopic (exact) mass is 286 g/mol. The van der Waals surface area contributed by atoms with Crippen LogP contribution in [-0.4, -0.2) is 21.3 Å². The Hall–Kier alpha value is -2.17. The average molecular weight is 286 g/mol. The van der Waals surface area contributed by atoms with Gasteiger partial charge < -0.3 is 9.52 Å². The van der Waals surface area contributed by atoms with Crippen molar-refractivity contribution in [2.24, 2.45) is 5.92 Å². The van der Waals surface area contributed by atoms with Gasteiger partial charge in [-0.3, -0.25) is 0 Å². The van der Waals surface area contributed by atoms with Gasteiger partial charge in [0, 0.05) is 5.92 Å². The molecule has 1 heterocycles. The lowest BCUT2D eigenvalue weighted by atomic mass is 9.83. The molecule has 1 aromatic carbocycles. The number of carboxylic acids is 1. The summed E-state index contributed by atoms with van der Waals surface area (Å²) in [7, 11) is 0. The lowest BCUT2D eigenvalue weighted by molar-refractivity contribution is 0.0697. The van der Waals surface area contributed by atoms with Crippen molar-refractivity contribution >= 4 is 5.97 Å². The minimum Gasteiger partial charge on any atom is -0.478 e. The van der Waals surface area contributed by atoms with E-state index in [-0.39, 0.29) is 5.56 Å². The predicted molar refractivity (Wildman–Crippen MR) is 77.1 cm³/mol. The Labute approximate surface area is 123 Å². The Morgan fingerprint density at radius 1 is 1.19 bits per heavy atom. The Kier molecular flexibility index (Phi) is 3.73. The number of carboxylic acid groups (broad SMARTS) is 1. The van der Waals surface area contributed by atoms with Crippen molar-refractivity contribution in [1.82, 2.24) is 10.2 Å². The summed E-state index contributed by atoms with van der Waals surface area (Å²) in [6.45, 7) is 2.26. The van der Waals surface area contributed by atoms with E-state index in [2.05, 4.69) is 17.1 Å². The van der Waals surface area contributed by atoms with Crippen LogP contribution in [0.2, 0.25) is 0 Å². The predicted octanol–water partition coefficient (Wildman–Crippen LogP) is 3.73. The molecule has 0 saturated heterocycles. The molecule has 1 N–H and O–H groups in total. The molecule has 0 spiro atoms. The fourth-order valence-electron chi connectivity index (χ4n) is 2.87. The first-order valence-corrected chi connectivity index (χ1v) is 7.31. The molecule has 5 heteroatoms. The van der Waals surface area contributed by atoms with Crippen molar-refractivity contribution in [3.05, 3.63) is 35.7 Å². The van der Waals surface area contributed by atoms with Gasteiger partial charge in [-0.05, 0) is 43.7 Å². The van der Waals surface area contributed by atoms with Crippen LogP contribution in [-0.2, 0) is 0 Å². The van der Waals surface area contributed by atoms with E-state index in [4.69, 9.17) is 4.42 Å². The van der Waals surface area contributed by atoms with E-state index in [0.717, 1.165) is 18.8 Å². The summed E-state index contributed by atoms with van der Waals surface area (Å²) >= 11 is 0. The van der Waals surface area contributed by atoms with Gasteiger partial charge >= 0.3 is 5.97 Å². The SMILES string of the molecule is CC1CCC(c2nnc(-c3ccccc3C(=O)O)o2)CC1. The van der Waals surface area contributed by atoms with Gasteiger partial charge in [-0.2, -0.15) is 0 Å². The second-order valence-corrected chi connectivity index (χ2v) is 5.75. The minimum atomic E-state index is -0.989. The van der Waals surface area contributed by atoms with Crippen LogP contribution in [0.15, 0.2) is 28.7 Å². The molecule has 5 nitrogen and oxygen atoms in total. The van der Waals surface area contributed by atoms with Gasteiger partial charge in [0.1, 0.15) is 0 Å².